The second-order valence-electron chi connectivity index (χ2n) is 2.07. The first-order valence-corrected chi connectivity index (χ1v) is 3.02. The molecule has 0 radical (unpaired) electrons. The summed E-state index contributed by atoms with van der Waals surface area (Å²) >= 11 is 0. The van der Waals surface area contributed by atoms with E-state index in [1.165, 1.54) is 6.21 Å². The normalized spacial score (nSPS) is 13.2. The van der Waals surface area contributed by atoms with Crippen molar-refractivity contribution in [2.24, 2.45) is 11.7 Å². The molecule has 0 saturated carbocycles. The molecule has 0 aliphatic heterocycles. The van der Waals surface area contributed by atoms with Crippen LogP contribution in [0, 0.1) is 11.3 Å². The van der Waals surface area contributed by atoms with E-state index in [4.69, 9.17) is 11.1 Å². The molecule has 1 atom stereocenters. The second-order valence-corrected chi connectivity index (χ2v) is 2.07. The van der Waals surface area contributed by atoms with Gasteiger partial charge >= 0.3 is 0 Å². The average Bonchev–Trinajstić information content (AvgIpc) is 1.83. The van der Waals surface area contributed by atoms with E-state index in [0.717, 1.165) is 19.4 Å². The first kappa shape index (κ1) is 7.63. The third kappa shape index (κ3) is 3.81. The monoisotopic (exact) mass is 114 g/mol. The lowest BCUT2D eigenvalue weighted by molar-refractivity contribution is 0.649. The van der Waals surface area contributed by atoms with Gasteiger partial charge in [-0.15, -0.1) is 0 Å². The predicted octanol–water partition coefficient (Wildman–Crippen LogP) is 1.01. The molecule has 0 bridgehead atoms. The summed E-state index contributed by atoms with van der Waals surface area (Å²) in [4.78, 5) is 0. The number of nitrogens with two attached hydrogens (primary N) is 1. The van der Waals surface area contributed by atoms with E-state index in [1.807, 2.05) is 6.92 Å². The number of nitrogens with one attached hydrogen (secondary N) is 1. The Morgan fingerprint density at radius 1 is 1.75 bits per heavy atom. The molecule has 3 N–H and O–H groups in total. The van der Waals surface area contributed by atoms with Crippen molar-refractivity contribution in [2.75, 3.05) is 6.54 Å². The lowest BCUT2D eigenvalue weighted by Crippen LogP contribution is -2.02. The van der Waals surface area contributed by atoms with Crippen molar-refractivity contribution in [1.82, 2.24) is 0 Å². The molecule has 2 heteroatoms. The summed E-state index contributed by atoms with van der Waals surface area (Å²) in [5.74, 6) is 0.415. The minimum absolute atomic E-state index is 0.415. The van der Waals surface area contributed by atoms with Crippen LogP contribution in [0.2, 0.25) is 0 Å². The van der Waals surface area contributed by atoms with Gasteiger partial charge in [0.25, 0.3) is 0 Å². The van der Waals surface area contributed by atoms with Crippen LogP contribution in [0.15, 0.2) is 0 Å². The van der Waals surface area contributed by atoms with Crippen LogP contribution in [0.4, 0.5) is 0 Å². The molecule has 48 valence electrons. The lowest BCUT2D eigenvalue weighted by atomic mass is 10.1. The van der Waals surface area contributed by atoms with Gasteiger partial charge in [-0.05, 0) is 31.5 Å². The highest BCUT2D eigenvalue weighted by molar-refractivity contribution is 5.55. The molecule has 0 fully saturated rings. The van der Waals surface area contributed by atoms with Crippen LogP contribution in [0.1, 0.15) is 19.8 Å². The lowest BCUT2D eigenvalue weighted by Gasteiger charge is -1.99. The fraction of sp³-hybridized carbons (Fsp3) is 0.833. The zero-order valence-corrected chi connectivity index (χ0v) is 5.35. The Bertz CT molecular complexity index is 61.5. The maximum atomic E-state index is 6.82. The molecule has 0 aliphatic carbocycles. The number of hydrogen-bond donors (Lipinski definition) is 2. The Balaban J connectivity index is 2.98. The quantitative estimate of drug-likeness (QED) is 0.526. The Labute approximate surface area is 50.6 Å². The minimum Gasteiger partial charge on any atom is -0.330 e. The highest BCUT2D eigenvalue weighted by atomic mass is 14.5. The number of rotatable bonds is 4. The van der Waals surface area contributed by atoms with Gasteiger partial charge in [0.2, 0.25) is 0 Å². The van der Waals surface area contributed by atoms with Gasteiger partial charge < -0.3 is 11.1 Å². The molecular formula is C6H14N2. The van der Waals surface area contributed by atoms with E-state index in [-0.39, 0.29) is 0 Å². The summed E-state index contributed by atoms with van der Waals surface area (Å²) in [6, 6.07) is 0. The summed E-state index contributed by atoms with van der Waals surface area (Å²) < 4.78 is 0. The highest BCUT2D eigenvalue weighted by Crippen LogP contribution is 1.99. The average molecular weight is 114 g/mol. The van der Waals surface area contributed by atoms with Gasteiger partial charge in [-0.1, -0.05) is 6.92 Å². The molecule has 8 heavy (non-hydrogen) atoms. The van der Waals surface area contributed by atoms with E-state index in [1.54, 1.807) is 0 Å². The SMILES string of the molecule is CC(C=N)CCCN. The topological polar surface area (TPSA) is 49.9 Å². The Hall–Kier alpha value is -0.370. The van der Waals surface area contributed by atoms with Crippen molar-refractivity contribution in [3.63, 3.8) is 0 Å². The summed E-state index contributed by atoms with van der Waals surface area (Å²) in [5.41, 5.74) is 5.26. The van der Waals surface area contributed by atoms with E-state index in [9.17, 15) is 0 Å². The van der Waals surface area contributed by atoms with Crippen molar-refractivity contribution in [3.8, 4) is 0 Å². The highest BCUT2D eigenvalue weighted by Gasteiger charge is 1.93. The van der Waals surface area contributed by atoms with Crippen LogP contribution in [0.3, 0.4) is 0 Å². The fourth-order valence-electron chi connectivity index (χ4n) is 0.523. The molecule has 0 heterocycles. The molecule has 0 aromatic carbocycles. The van der Waals surface area contributed by atoms with Crippen molar-refractivity contribution in [3.05, 3.63) is 0 Å². The van der Waals surface area contributed by atoms with E-state index >= 15 is 0 Å². The second kappa shape index (κ2) is 4.78. The van der Waals surface area contributed by atoms with E-state index < -0.39 is 0 Å². The van der Waals surface area contributed by atoms with Crippen molar-refractivity contribution in [2.45, 2.75) is 19.8 Å². The van der Waals surface area contributed by atoms with Crippen LogP contribution in [-0.4, -0.2) is 12.8 Å². The van der Waals surface area contributed by atoms with Crippen LogP contribution in [0.5, 0.6) is 0 Å². The molecule has 0 aromatic heterocycles. The van der Waals surface area contributed by atoms with Gasteiger partial charge in [0, 0.05) is 0 Å². The third-order valence-corrected chi connectivity index (χ3v) is 1.15. The molecule has 0 amide bonds. The molecular weight excluding hydrogens is 100 g/mol. The standard InChI is InChI=1S/C6H14N2/c1-6(5-8)3-2-4-7/h5-6,8H,2-4,7H2,1H3. The van der Waals surface area contributed by atoms with Gasteiger partial charge in [0.1, 0.15) is 0 Å². The first-order chi connectivity index (χ1) is 3.81. The molecule has 0 spiro atoms. The van der Waals surface area contributed by atoms with Gasteiger partial charge in [-0.25, -0.2) is 0 Å². The fourth-order valence-corrected chi connectivity index (χ4v) is 0.523. The molecule has 2 nitrogen and oxygen atoms in total. The van der Waals surface area contributed by atoms with Crippen LogP contribution < -0.4 is 5.73 Å². The smallest absolute Gasteiger partial charge is 0.00195 e. The molecule has 0 aliphatic rings. The van der Waals surface area contributed by atoms with Crippen molar-refractivity contribution in [1.29, 1.82) is 5.41 Å². The van der Waals surface area contributed by atoms with Crippen LogP contribution in [-0.2, 0) is 0 Å². The minimum atomic E-state index is 0.415. The Kier molecular flexibility index (Phi) is 4.56. The maximum absolute atomic E-state index is 6.82. The predicted molar refractivity (Wildman–Crippen MR) is 36.2 cm³/mol. The molecule has 0 aromatic rings. The van der Waals surface area contributed by atoms with Crippen LogP contribution >= 0.6 is 0 Å². The van der Waals surface area contributed by atoms with E-state index in [2.05, 4.69) is 0 Å². The zero-order valence-electron chi connectivity index (χ0n) is 5.35. The maximum Gasteiger partial charge on any atom is -0.00195 e. The molecule has 1 unspecified atom stereocenters. The van der Waals surface area contributed by atoms with Gasteiger partial charge in [0.15, 0.2) is 0 Å². The summed E-state index contributed by atoms with van der Waals surface area (Å²) in [7, 11) is 0. The van der Waals surface area contributed by atoms with Gasteiger partial charge in [0.05, 0.1) is 0 Å². The molecule has 0 saturated heterocycles. The first-order valence-electron chi connectivity index (χ1n) is 3.02. The largest absolute Gasteiger partial charge is 0.330 e. The third-order valence-electron chi connectivity index (χ3n) is 1.15. The summed E-state index contributed by atoms with van der Waals surface area (Å²) in [5, 5.41) is 6.82. The summed E-state index contributed by atoms with van der Waals surface area (Å²) in [6.07, 6.45) is 3.56. The van der Waals surface area contributed by atoms with Crippen molar-refractivity contribution >= 4 is 6.21 Å². The van der Waals surface area contributed by atoms with Crippen molar-refractivity contribution < 1.29 is 0 Å². The molecule has 0 rings (SSSR count). The summed E-state index contributed by atoms with van der Waals surface area (Å²) in [6.45, 7) is 2.78. The van der Waals surface area contributed by atoms with Gasteiger partial charge in [-0.2, -0.15) is 0 Å². The van der Waals surface area contributed by atoms with E-state index in [0.29, 0.717) is 5.92 Å². The van der Waals surface area contributed by atoms with Crippen LogP contribution in [0.25, 0.3) is 0 Å². The number of hydrogen-bond acceptors (Lipinski definition) is 2. The zero-order chi connectivity index (χ0) is 6.41. The Morgan fingerprint density at radius 2 is 2.38 bits per heavy atom. The Morgan fingerprint density at radius 3 is 2.75 bits per heavy atom. The van der Waals surface area contributed by atoms with Gasteiger partial charge in [-0.3, -0.25) is 0 Å².